The molecule has 0 radical (unpaired) electrons. The third kappa shape index (κ3) is 5.02. The predicted molar refractivity (Wildman–Crippen MR) is 114 cm³/mol. The highest BCUT2D eigenvalue weighted by molar-refractivity contribution is 6.29. The maximum absolute atomic E-state index is 13.2. The molecule has 2 N–H and O–H groups in total. The van der Waals surface area contributed by atoms with E-state index in [4.69, 9.17) is 21.1 Å². The van der Waals surface area contributed by atoms with Gasteiger partial charge in [-0.2, -0.15) is 0 Å². The molecule has 0 bridgehead atoms. The lowest BCUT2D eigenvalue weighted by Crippen LogP contribution is -2.33. The number of nitrogens with zero attached hydrogens (tertiary/aromatic N) is 3. The van der Waals surface area contributed by atoms with Crippen LogP contribution >= 0.6 is 11.6 Å². The highest BCUT2D eigenvalue weighted by atomic mass is 35.5. The smallest absolute Gasteiger partial charge is 0.407 e. The van der Waals surface area contributed by atoms with Crippen molar-refractivity contribution >= 4 is 29.2 Å². The van der Waals surface area contributed by atoms with Crippen LogP contribution in [0.25, 0.3) is 0 Å². The average Bonchev–Trinajstić information content (AvgIpc) is 3.53. The van der Waals surface area contributed by atoms with Crippen LogP contribution in [0.1, 0.15) is 37.1 Å². The van der Waals surface area contributed by atoms with Crippen molar-refractivity contribution in [1.29, 1.82) is 0 Å². The normalized spacial score (nSPS) is 14.2. The molecule has 2 aromatic rings. The van der Waals surface area contributed by atoms with Crippen LogP contribution in [0.15, 0.2) is 17.1 Å². The third-order valence-corrected chi connectivity index (χ3v) is 5.12. The molecule has 10 heteroatoms. The molecule has 0 unspecified atom stereocenters. The molecule has 0 aromatic carbocycles. The summed E-state index contributed by atoms with van der Waals surface area (Å²) in [6, 6.07) is 1.53. The molecule has 0 spiro atoms. The Morgan fingerprint density at radius 1 is 1.37 bits per heavy atom. The van der Waals surface area contributed by atoms with Crippen LogP contribution in [0.5, 0.6) is 5.88 Å². The van der Waals surface area contributed by atoms with E-state index < -0.39 is 6.09 Å². The molecule has 1 atom stereocenters. The van der Waals surface area contributed by atoms with Gasteiger partial charge in [-0.1, -0.05) is 11.6 Å². The van der Waals surface area contributed by atoms with Gasteiger partial charge in [-0.3, -0.25) is 4.79 Å². The summed E-state index contributed by atoms with van der Waals surface area (Å²) >= 11 is 6.22. The average molecular weight is 436 g/mol. The molecule has 2 aromatic heterocycles. The molecule has 0 aliphatic heterocycles. The second-order valence-electron chi connectivity index (χ2n) is 7.23. The number of hydrogen-bond donors (Lipinski definition) is 2. The summed E-state index contributed by atoms with van der Waals surface area (Å²) in [6.45, 7) is 6.03. The fraction of sp³-hybridized carbons (Fsp3) is 0.500. The van der Waals surface area contributed by atoms with Crippen molar-refractivity contribution in [2.45, 2.75) is 39.7 Å². The second kappa shape index (κ2) is 9.34. The molecule has 1 saturated carbocycles. The van der Waals surface area contributed by atoms with E-state index in [-0.39, 0.29) is 35.1 Å². The SMILES string of the molecule is CCNC(=O)OC[C@@H](C1CC1)n1cc(Cl)nc(Nc2cc(C)c(OC)nc2C)c1=O. The molecular formula is C20H26ClN5O4. The van der Waals surface area contributed by atoms with Crippen LogP contribution < -0.4 is 20.9 Å². The van der Waals surface area contributed by atoms with Gasteiger partial charge in [0, 0.05) is 18.3 Å². The largest absolute Gasteiger partial charge is 0.481 e. The summed E-state index contributed by atoms with van der Waals surface area (Å²) in [5.74, 6) is 0.849. The van der Waals surface area contributed by atoms with Crippen molar-refractivity contribution in [2.24, 2.45) is 5.92 Å². The number of alkyl carbamates (subject to hydrolysis) is 1. The van der Waals surface area contributed by atoms with E-state index >= 15 is 0 Å². The van der Waals surface area contributed by atoms with E-state index in [1.807, 2.05) is 19.9 Å². The first-order valence-corrected chi connectivity index (χ1v) is 10.2. The van der Waals surface area contributed by atoms with Gasteiger partial charge in [-0.25, -0.2) is 14.8 Å². The summed E-state index contributed by atoms with van der Waals surface area (Å²) in [5, 5.41) is 5.80. The number of carbonyl (C=O) groups is 1. The first-order valence-electron chi connectivity index (χ1n) is 9.82. The standard InChI is InChI=1S/C20H26ClN5O4/c1-5-22-20(28)30-10-15(13-6-7-13)26-9-16(21)25-17(19(26)27)24-14-8-11(2)18(29-4)23-12(14)3/h8-9,13,15H,5-7,10H2,1-4H3,(H,22,28)(H,24,25)/t15-/m0/s1. The molecule has 1 amide bonds. The molecule has 162 valence electrons. The maximum Gasteiger partial charge on any atom is 0.407 e. The number of halogens is 1. The fourth-order valence-corrected chi connectivity index (χ4v) is 3.42. The van der Waals surface area contributed by atoms with E-state index in [1.54, 1.807) is 14.0 Å². The van der Waals surface area contributed by atoms with Gasteiger partial charge in [0.15, 0.2) is 5.82 Å². The van der Waals surface area contributed by atoms with Gasteiger partial charge in [0.05, 0.1) is 24.5 Å². The van der Waals surface area contributed by atoms with Crippen LogP contribution in [-0.2, 0) is 4.74 Å². The van der Waals surface area contributed by atoms with E-state index in [1.165, 1.54) is 10.8 Å². The molecule has 2 heterocycles. The van der Waals surface area contributed by atoms with E-state index in [0.29, 0.717) is 23.8 Å². The lowest BCUT2D eigenvalue weighted by atomic mass is 10.2. The van der Waals surface area contributed by atoms with Crippen LogP contribution in [0.2, 0.25) is 5.15 Å². The Balaban J connectivity index is 1.90. The number of aromatic nitrogens is 3. The van der Waals surface area contributed by atoms with Gasteiger partial charge in [-0.05, 0) is 45.6 Å². The van der Waals surface area contributed by atoms with Crippen LogP contribution in [-0.4, -0.2) is 40.9 Å². The summed E-state index contributed by atoms with van der Waals surface area (Å²) in [5.41, 5.74) is 1.76. The number of methoxy groups -OCH3 is 1. The number of pyridine rings is 1. The van der Waals surface area contributed by atoms with Crippen molar-refractivity contribution in [3.05, 3.63) is 39.0 Å². The highest BCUT2D eigenvalue weighted by Crippen LogP contribution is 2.39. The van der Waals surface area contributed by atoms with E-state index in [9.17, 15) is 9.59 Å². The quantitative estimate of drug-likeness (QED) is 0.654. The Morgan fingerprint density at radius 2 is 2.10 bits per heavy atom. The lowest BCUT2D eigenvalue weighted by molar-refractivity contribution is 0.123. The van der Waals surface area contributed by atoms with Gasteiger partial charge in [0.1, 0.15) is 11.8 Å². The van der Waals surface area contributed by atoms with Crippen LogP contribution in [0, 0.1) is 19.8 Å². The van der Waals surface area contributed by atoms with Crippen LogP contribution in [0.4, 0.5) is 16.3 Å². The third-order valence-electron chi connectivity index (χ3n) is 4.93. The highest BCUT2D eigenvalue weighted by Gasteiger charge is 2.34. The zero-order valence-corrected chi connectivity index (χ0v) is 18.2. The molecular weight excluding hydrogens is 410 g/mol. The second-order valence-corrected chi connectivity index (χ2v) is 7.62. The minimum Gasteiger partial charge on any atom is -0.481 e. The van der Waals surface area contributed by atoms with Gasteiger partial charge < -0.3 is 24.7 Å². The molecule has 1 aliphatic rings. The Morgan fingerprint density at radius 3 is 2.73 bits per heavy atom. The molecule has 3 rings (SSSR count). The molecule has 1 aliphatic carbocycles. The maximum atomic E-state index is 13.2. The number of amides is 1. The number of anilines is 2. The van der Waals surface area contributed by atoms with Crippen molar-refractivity contribution in [2.75, 3.05) is 25.6 Å². The minimum atomic E-state index is -0.509. The fourth-order valence-electron chi connectivity index (χ4n) is 3.23. The zero-order valence-electron chi connectivity index (χ0n) is 17.5. The number of aryl methyl sites for hydroxylation is 2. The lowest BCUT2D eigenvalue weighted by Gasteiger charge is -2.21. The number of nitrogens with one attached hydrogen (secondary N) is 2. The summed E-state index contributed by atoms with van der Waals surface area (Å²) in [7, 11) is 1.56. The number of carbonyl (C=O) groups excluding carboxylic acids is 1. The first-order chi connectivity index (χ1) is 14.3. The minimum absolute atomic E-state index is 0.0818. The Kier molecular flexibility index (Phi) is 6.81. The van der Waals surface area contributed by atoms with Crippen LogP contribution in [0.3, 0.4) is 0 Å². The van der Waals surface area contributed by atoms with Crippen molar-refractivity contribution in [3.63, 3.8) is 0 Å². The molecule has 0 saturated heterocycles. The van der Waals surface area contributed by atoms with E-state index in [2.05, 4.69) is 20.6 Å². The van der Waals surface area contributed by atoms with Gasteiger partial charge in [0.25, 0.3) is 5.56 Å². The first kappa shape index (κ1) is 21.9. The monoisotopic (exact) mass is 435 g/mol. The Bertz CT molecular complexity index is 990. The molecule has 1 fully saturated rings. The summed E-state index contributed by atoms with van der Waals surface area (Å²) in [6.07, 6.45) is 2.90. The van der Waals surface area contributed by atoms with Gasteiger partial charge in [0.2, 0.25) is 5.88 Å². The number of rotatable bonds is 8. The predicted octanol–water partition coefficient (Wildman–Crippen LogP) is 3.36. The van der Waals surface area contributed by atoms with Gasteiger partial charge >= 0.3 is 6.09 Å². The Labute approximate surface area is 179 Å². The van der Waals surface area contributed by atoms with E-state index in [0.717, 1.165) is 18.4 Å². The van der Waals surface area contributed by atoms with Gasteiger partial charge in [-0.15, -0.1) is 0 Å². The summed E-state index contributed by atoms with van der Waals surface area (Å²) < 4.78 is 12.0. The Hall–Kier alpha value is -2.81. The van der Waals surface area contributed by atoms with Crippen molar-refractivity contribution in [3.8, 4) is 5.88 Å². The molecule has 9 nitrogen and oxygen atoms in total. The molecule has 30 heavy (non-hydrogen) atoms. The van der Waals surface area contributed by atoms with Crippen molar-refractivity contribution in [1.82, 2.24) is 19.9 Å². The summed E-state index contributed by atoms with van der Waals surface area (Å²) in [4.78, 5) is 33.4. The zero-order chi connectivity index (χ0) is 21.8. The number of ether oxygens (including phenoxy) is 2. The number of hydrogen-bond acceptors (Lipinski definition) is 7. The topological polar surface area (TPSA) is 107 Å². The van der Waals surface area contributed by atoms with Crippen molar-refractivity contribution < 1.29 is 14.3 Å².